The van der Waals surface area contributed by atoms with Crippen molar-refractivity contribution in [2.75, 3.05) is 6.54 Å². The van der Waals surface area contributed by atoms with E-state index >= 15 is 0 Å². The molecule has 0 saturated heterocycles. The normalized spacial score (nSPS) is 10.5. The maximum absolute atomic E-state index is 8.36. The third-order valence-electron chi connectivity index (χ3n) is 3.72. The molecule has 0 rings (SSSR count). The second-order valence-corrected chi connectivity index (χ2v) is 5.96. The average Bonchev–Trinajstić information content (AvgIpc) is 2.50. The van der Waals surface area contributed by atoms with Gasteiger partial charge in [-0.1, -0.05) is 76.9 Å². The molecular formula is C18H38N2O3. The highest BCUT2D eigenvalue weighted by Crippen LogP contribution is 2.09. The van der Waals surface area contributed by atoms with Gasteiger partial charge in [0, 0.05) is 0 Å². The molecule has 23 heavy (non-hydrogen) atoms. The smallest absolute Gasteiger partial charge is 0.291 e. The Kier molecular flexibility index (Phi) is 24.3. The van der Waals surface area contributed by atoms with E-state index in [1.807, 2.05) is 0 Å². The Balaban J connectivity index is 0. The van der Waals surface area contributed by atoms with Crippen LogP contribution in [0.2, 0.25) is 0 Å². The first-order valence-corrected chi connectivity index (χ1v) is 9.33. The molecule has 5 heteroatoms. The van der Waals surface area contributed by atoms with E-state index in [0.29, 0.717) is 0 Å². The fourth-order valence-corrected chi connectivity index (χ4v) is 2.39. The second kappa shape index (κ2) is 23.2. The minimum atomic E-state index is -1.50. The summed E-state index contributed by atoms with van der Waals surface area (Å²) in [5.41, 5.74) is 5.47. The van der Waals surface area contributed by atoms with E-state index in [4.69, 9.17) is 21.1 Å². The predicted molar refractivity (Wildman–Crippen MR) is 97.3 cm³/mol. The zero-order valence-corrected chi connectivity index (χ0v) is 15.0. The van der Waals surface area contributed by atoms with Crippen molar-refractivity contribution < 1.29 is 10.3 Å². The van der Waals surface area contributed by atoms with E-state index in [-0.39, 0.29) is 0 Å². The van der Waals surface area contributed by atoms with Crippen molar-refractivity contribution in [2.24, 2.45) is 5.73 Å². The Morgan fingerprint density at radius 2 is 1.17 bits per heavy atom. The Morgan fingerprint density at radius 3 is 1.57 bits per heavy atom. The molecule has 0 aliphatic rings. The van der Waals surface area contributed by atoms with Crippen molar-refractivity contribution in [3.63, 3.8) is 0 Å². The van der Waals surface area contributed by atoms with Crippen LogP contribution in [-0.4, -0.2) is 16.8 Å². The van der Waals surface area contributed by atoms with Crippen molar-refractivity contribution in [1.82, 2.24) is 0 Å². The van der Waals surface area contributed by atoms with Crippen LogP contribution in [0.15, 0.2) is 12.2 Å². The molecule has 0 aromatic heterocycles. The molecule has 0 bridgehead atoms. The molecule has 0 atom stereocenters. The number of rotatable bonds is 15. The van der Waals surface area contributed by atoms with Gasteiger partial charge in [0.05, 0.1) is 0 Å². The van der Waals surface area contributed by atoms with E-state index in [1.165, 1.54) is 89.9 Å². The van der Waals surface area contributed by atoms with Crippen molar-refractivity contribution >= 4 is 0 Å². The summed E-state index contributed by atoms with van der Waals surface area (Å²) in [7, 11) is 0. The van der Waals surface area contributed by atoms with Gasteiger partial charge in [-0.3, -0.25) is 0 Å². The zero-order valence-electron chi connectivity index (χ0n) is 15.0. The van der Waals surface area contributed by atoms with Crippen LogP contribution in [0.4, 0.5) is 0 Å². The molecule has 0 aliphatic heterocycles. The third-order valence-corrected chi connectivity index (χ3v) is 3.72. The molecule has 0 fully saturated rings. The van der Waals surface area contributed by atoms with Crippen LogP contribution in [-0.2, 0) is 0 Å². The lowest BCUT2D eigenvalue weighted by molar-refractivity contribution is -0.742. The van der Waals surface area contributed by atoms with Gasteiger partial charge in [-0.2, -0.15) is 0 Å². The zero-order chi connectivity index (χ0) is 17.6. The van der Waals surface area contributed by atoms with E-state index in [2.05, 4.69) is 19.1 Å². The summed E-state index contributed by atoms with van der Waals surface area (Å²) in [6, 6.07) is 0. The van der Waals surface area contributed by atoms with Gasteiger partial charge in [-0.15, -0.1) is 10.1 Å². The van der Waals surface area contributed by atoms with Crippen molar-refractivity contribution in [1.29, 1.82) is 0 Å². The highest BCUT2D eigenvalue weighted by atomic mass is 16.9. The largest absolute Gasteiger partial charge is 0.330 e. The summed E-state index contributed by atoms with van der Waals surface area (Å²) in [4.78, 5) is 8.36. The molecule has 0 spiro atoms. The summed E-state index contributed by atoms with van der Waals surface area (Å²) in [5, 5.41) is 13.6. The molecule has 3 N–H and O–H groups in total. The Hall–Kier alpha value is -1.10. The minimum absolute atomic E-state index is 0.862. The molecule has 0 aromatic carbocycles. The fraction of sp³-hybridized carbons (Fsp3) is 0.889. The van der Waals surface area contributed by atoms with Crippen LogP contribution >= 0.6 is 0 Å². The third kappa shape index (κ3) is 33.6. The van der Waals surface area contributed by atoms with E-state index in [1.54, 1.807) is 0 Å². The van der Waals surface area contributed by atoms with E-state index in [9.17, 15) is 0 Å². The monoisotopic (exact) mass is 330 g/mol. The summed E-state index contributed by atoms with van der Waals surface area (Å²) < 4.78 is 0. The SMILES string of the molecule is CCCCCCCC/C=C\CCCCCCCCN.O=[N+]([O-])O. The highest BCUT2D eigenvalue weighted by molar-refractivity contribution is 4.81. The van der Waals surface area contributed by atoms with Gasteiger partial charge in [-0.25, -0.2) is 0 Å². The van der Waals surface area contributed by atoms with Gasteiger partial charge in [0.2, 0.25) is 0 Å². The number of allylic oxidation sites excluding steroid dienone is 2. The Labute approximate surface area is 142 Å². The van der Waals surface area contributed by atoms with E-state index < -0.39 is 5.09 Å². The van der Waals surface area contributed by atoms with Crippen LogP contribution in [0, 0.1) is 10.1 Å². The molecule has 0 aromatic rings. The van der Waals surface area contributed by atoms with Gasteiger partial charge in [0.15, 0.2) is 0 Å². The number of unbranched alkanes of at least 4 members (excludes halogenated alkanes) is 12. The number of nitrogens with two attached hydrogens (primary N) is 1. The molecule has 138 valence electrons. The fourth-order valence-electron chi connectivity index (χ4n) is 2.39. The van der Waals surface area contributed by atoms with Gasteiger partial charge in [0.25, 0.3) is 5.09 Å². The van der Waals surface area contributed by atoms with Crippen LogP contribution < -0.4 is 5.73 Å². The summed E-state index contributed by atoms with van der Waals surface area (Å²) >= 11 is 0. The number of hydrogen-bond acceptors (Lipinski definition) is 3. The lowest BCUT2D eigenvalue weighted by Crippen LogP contribution is -1.97. The van der Waals surface area contributed by atoms with Gasteiger partial charge in [0.1, 0.15) is 0 Å². The van der Waals surface area contributed by atoms with Crippen molar-refractivity contribution in [3.05, 3.63) is 22.3 Å². The van der Waals surface area contributed by atoms with Crippen molar-refractivity contribution in [3.8, 4) is 0 Å². The first-order chi connectivity index (χ1) is 11.1. The molecule has 5 nitrogen and oxygen atoms in total. The first-order valence-electron chi connectivity index (χ1n) is 9.33. The molecule has 0 unspecified atom stereocenters. The highest BCUT2D eigenvalue weighted by Gasteiger charge is 1.90. The topological polar surface area (TPSA) is 89.4 Å². The molecule has 0 amide bonds. The second-order valence-electron chi connectivity index (χ2n) is 5.96. The number of hydrogen-bond donors (Lipinski definition) is 2. The Morgan fingerprint density at radius 1 is 0.826 bits per heavy atom. The number of nitrogens with zero attached hydrogens (tertiary/aromatic N) is 1. The molecule has 0 saturated carbocycles. The van der Waals surface area contributed by atoms with E-state index in [0.717, 1.165) is 6.54 Å². The molecule has 0 aliphatic carbocycles. The lowest BCUT2D eigenvalue weighted by atomic mass is 10.1. The van der Waals surface area contributed by atoms with Gasteiger partial charge in [-0.05, 0) is 38.6 Å². The molecular weight excluding hydrogens is 292 g/mol. The molecule has 0 radical (unpaired) electrons. The summed E-state index contributed by atoms with van der Waals surface area (Å²) in [5.74, 6) is 0. The standard InChI is InChI=1S/C18H37N.HNO3/c1-2-3-4-5-6-7-8-9-10-11-12-13-14-15-16-17-18-19;2-1(3)4/h9-10H,2-8,11-19H2,1H3;(H,2,3,4)/b10-9-;. The minimum Gasteiger partial charge on any atom is -0.330 e. The molecule has 0 heterocycles. The summed E-state index contributed by atoms with van der Waals surface area (Å²) in [6.45, 7) is 3.14. The van der Waals surface area contributed by atoms with Crippen molar-refractivity contribution in [2.45, 2.75) is 96.8 Å². The predicted octanol–water partition coefficient (Wildman–Crippen LogP) is 5.63. The lowest BCUT2D eigenvalue weighted by Gasteiger charge is -1.99. The quantitative estimate of drug-likeness (QED) is 0.176. The average molecular weight is 331 g/mol. The first kappa shape index (κ1) is 24.2. The summed E-state index contributed by atoms with van der Waals surface area (Å²) in [6.07, 6.45) is 23.9. The Bertz CT molecular complexity index is 255. The van der Waals surface area contributed by atoms with Crippen LogP contribution in [0.5, 0.6) is 0 Å². The van der Waals surface area contributed by atoms with Crippen LogP contribution in [0.25, 0.3) is 0 Å². The van der Waals surface area contributed by atoms with Gasteiger partial charge < -0.3 is 10.9 Å². The van der Waals surface area contributed by atoms with Gasteiger partial charge >= 0.3 is 0 Å². The maximum Gasteiger partial charge on any atom is 0.291 e. The maximum atomic E-state index is 8.36. The van der Waals surface area contributed by atoms with Crippen LogP contribution in [0.1, 0.15) is 96.8 Å². The van der Waals surface area contributed by atoms with Crippen LogP contribution in [0.3, 0.4) is 0 Å².